The van der Waals surface area contributed by atoms with Crippen molar-refractivity contribution in [1.29, 1.82) is 0 Å². The van der Waals surface area contributed by atoms with E-state index >= 15 is 0 Å². The maximum Gasteiger partial charge on any atom is 0.306 e. The summed E-state index contributed by atoms with van der Waals surface area (Å²) in [4.78, 5) is 10.7. The van der Waals surface area contributed by atoms with E-state index < -0.39 is 21.9 Å². The van der Waals surface area contributed by atoms with Crippen LogP contribution >= 0.6 is 0 Å². The van der Waals surface area contributed by atoms with Crippen molar-refractivity contribution in [2.45, 2.75) is 38.0 Å². The van der Waals surface area contributed by atoms with Gasteiger partial charge in [0.25, 0.3) is 0 Å². The van der Waals surface area contributed by atoms with Gasteiger partial charge >= 0.3 is 5.97 Å². The highest BCUT2D eigenvalue weighted by molar-refractivity contribution is 7.88. The summed E-state index contributed by atoms with van der Waals surface area (Å²) in [6.07, 6.45) is 1.68. The first-order valence-electron chi connectivity index (χ1n) is 6.70. The van der Waals surface area contributed by atoms with E-state index in [9.17, 15) is 13.2 Å². The molecule has 5 nitrogen and oxygen atoms in total. The summed E-state index contributed by atoms with van der Waals surface area (Å²) in [7, 11) is -3.41. The number of nitrogens with one attached hydrogen (secondary N) is 1. The molecule has 1 aliphatic carbocycles. The minimum absolute atomic E-state index is 0.0643. The van der Waals surface area contributed by atoms with Gasteiger partial charge in [0, 0.05) is 6.04 Å². The monoisotopic (exact) mass is 297 g/mol. The first-order valence-corrected chi connectivity index (χ1v) is 8.35. The minimum atomic E-state index is -3.41. The van der Waals surface area contributed by atoms with Gasteiger partial charge in [-0.1, -0.05) is 31.2 Å². The number of aliphatic carboxylic acids is 1. The van der Waals surface area contributed by atoms with Crippen LogP contribution in [0, 0.1) is 5.92 Å². The van der Waals surface area contributed by atoms with Crippen LogP contribution in [0.2, 0.25) is 0 Å². The Kier molecular flexibility index (Phi) is 4.45. The number of carboxylic acids is 1. The van der Waals surface area contributed by atoms with Crippen LogP contribution < -0.4 is 4.72 Å². The molecule has 1 aromatic rings. The summed E-state index contributed by atoms with van der Waals surface area (Å²) in [6, 6.07) is 7.25. The molecular weight excluding hydrogens is 278 g/mol. The molecule has 1 aromatic carbocycles. The first-order chi connectivity index (χ1) is 9.39. The molecule has 0 saturated heterocycles. The fourth-order valence-corrected chi connectivity index (χ4v) is 3.72. The van der Waals surface area contributed by atoms with Crippen LogP contribution in [0.1, 0.15) is 30.9 Å². The molecule has 110 valence electrons. The van der Waals surface area contributed by atoms with Crippen molar-refractivity contribution in [1.82, 2.24) is 4.72 Å². The third-order valence-electron chi connectivity index (χ3n) is 3.62. The summed E-state index contributed by atoms with van der Waals surface area (Å²) >= 11 is 0. The quantitative estimate of drug-likeness (QED) is 0.834. The predicted molar refractivity (Wildman–Crippen MR) is 75.7 cm³/mol. The van der Waals surface area contributed by atoms with Crippen molar-refractivity contribution < 1.29 is 18.3 Å². The normalized spacial score (nSPS) is 22.2. The molecule has 0 aromatic heterocycles. The molecule has 0 bridgehead atoms. The van der Waals surface area contributed by atoms with Crippen molar-refractivity contribution in [3.63, 3.8) is 0 Å². The average molecular weight is 297 g/mol. The van der Waals surface area contributed by atoms with E-state index in [1.165, 1.54) is 5.56 Å². The second kappa shape index (κ2) is 5.93. The van der Waals surface area contributed by atoms with Crippen LogP contribution in [-0.4, -0.2) is 25.5 Å². The van der Waals surface area contributed by atoms with Crippen LogP contribution in [0.15, 0.2) is 24.3 Å². The van der Waals surface area contributed by atoms with Crippen molar-refractivity contribution in [2.75, 3.05) is 0 Å². The van der Waals surface area contributed by atoms with E-state index in [0.29, 0.717) is 12.8 Å². The zero-order valence-corrected chi connectivity index (χ0v) is 12.2. The molecule has 2 N–H and O–H groups in total. The molecule has 1 aliphatic rings. The number of benzene rings is 1. The van der Waals surface area contributed by atoms with Gasteiger partial charge in [0.2, 0.25) is 10.0 Å². The lowest BCUT2D eigenvalue weighted by Crippen LogP contribution is -2.46. The fraction of sp³-hybridized carbons (Fsp3) is 0.500. The summed E-state index contributed by atoms with van der Waals surface area (Å²) in [5.41, 5.74) is 1.91. The minimum Gasteiger partial charge on any atom is -0.481 e. The topological polar surface area (TPSA) is 83.5 Å². The number of hydrogen-bond donors (Lipinski definition) is 2. The zero-order valence-electron chi connectivity index (χ0n) is 11.4. The molecule has 0 atom stereocenters. The Morgan fingerprint density at radius 2 is 1.80 bits per heavy atom. The van der Waals surface area contributed by atoms with Gasteiger partial charge in [-0.05, 0) is 30.4 Å². The molecule has 1 fully saturated rings. The smallest absolute Gasteiger partial charge is 0.306 e. The maximum atomic E-state index is 12.0. The summed E-state index contributed by atoms with van der Waals surface area (Å²) in [5.74, 6) is -1.33. The largest absolute Gasteiger partial charge is 0.481 e. The first kappa shape index (κ1) is 15.0. The molecule has 0 radical (unpaired) electrons. The second-order valence-electron chi connectivity index (χ2n) is 5.25. The lowest BCUT2D eigenvalue weighted by atomic mass is 9.81. The Hall–Kier alpha value is -1.40. The van der Waals surface area contributed by atoms with Gasteiger partial charge in [0.1, 0.15) is 0 Å². The lowest BCUT2D eigenvalue weighted by Gasteiger charge is -2.32. The third kappa shape index (κ3) is 3.80. The zero-order chi connectivity index (χ0) is 14.8. The number of hydrogen-bond acceptors (Lipinski definition) is 3. The number of aryl methyl sites for hydroxylation is 1. The molecular formula is C14H19NO4S. The molecule has 20 heavy (non-hydrogen) atoms. The second-order valence-corrected chi connectivity index (χ2v) is 7.00. The summed E-state index contributed by atoms with van der Waals surface area (Å²) in [6.45, 7) is 2.04. The SMILES string of the molecule is CCc1ccc(CS(=O)(=O)NC2CC(C(=O)O)C2)cc1. The summed E-state index contributed by atoms with van der Waals surface area (Å²) in [5, 5.41) is 8.76. The lowest BCUT2D eigenvalue weighted by molar-refractivity contribution is -0.145. The van der Waals surface area contributed by atoms with Gasteiger partial charge in [-0.2, -0.15) is 0 Å². The van der Waals surface area contributed by atoms with E-state index in [1.54, 1.807) is 0 Å². The van der Waals surface area contributed by atoms with Crippen LogP contribution in [0.5, 0.6) is 0 Å². The molecule has 0 spiro atoms. The fourth-order valence-electron chi connectivity index (χ4n) is 2.30. The number of carbonyl (C=O) groups is 1. The number of carboxylic acid groups (broad SMARTS) is 1. The predicted octanol–water partition coefficient (Wildman–Crippen LogP) is 1.53. The molecule has 0 aliphatic heterocycles. The van der Waals surface area contributed by atoms with E-state index in [2.05, 4.69) is 4.72 Å². The van der Waals surface area contributed by atoms with Crippen molar-refractivity contribution in [3.8, 4) is 0 Å². The molecule has 0 unspecified atom stereocenters. The highest BCUT2D eigenvalue weighted by Crippen LogP contribution is 2.28. The molecule has 1 saturated carbocycles. The van der Waals surface area contributed by atoms with Gasteiger partial charge in [-0.15, -0.1) is 0 Å². The Bertz CT molecular complexity index is 574. The van der Waals surface area contributed by atoms with Gasteiger partial charge in [-0.25, -0.2) is 13.1 Å². The molecule has 0 amide bonds. The van der Waals surface area contributed by atoms with E-state index in [1.807, 2.05) is 31.2 Å². The number of sulfonamides is 1. The van der Waals surface area contributed by atoms with E-state index in [0.717, 1.165) is 12.0 Å². The van der Waals surface area contributed by atoms with E-state index in [-0.39, 0.29) is 11.8 Å². The van der Waals surface area contributed by atoms with E-state index in [4.69, 9.17) is 5.11 Å². The van der Waals surface area contributed by atoms with Crippen molar-refractivity contribution in [2.24, 2.45) is 5.92 Å². The Balaban J connectivity index is 1.89. The Labute approximate surface area is 119 Å². The van der Waals surface area contributed by atoms with Gasteiger partial charge in [0.15, 0.2) is 0 Å². The highest BCUT2D eigenvalue weighted by Gasteiger charge is 2.36. The van der Waals surface area contributed by atoms with Crippen LogP contribution in [0.4, 0.5) is 0 Å². The van der Waals surface area contributed by atoms with Crippen molar-refractivity contribution >= 4 is 16.0 Å². The third-order valence-corrected chi connectivity index (χ3v) is 5.03. The van der Waals surface area contributed by atoms with Crippen LogP contribution in [0.3, 0.4) is 0 Å². The molecule has 2 rings (SSSR count). The maximum absolute atomic E-state index is 12.0. The highest BCUT2D eigenvalue weighted by atomic mass is 32.2. The van der Waals surface area contributed by atoms with Gasteiger partial charge < -0.3 is 5.11 Å². The number of rotatable bonds is 6. The average Bonchev–Trinajstić information content (AvgIpc) is 2.33. The van der Waals surface area contributed by atoms with Crippen LogP contribution in [-0.2, 0) is 27.0 Å². The Morgan fingerprint density at radius 3 is 2.30 bits per heavy atom. The van der Waals surface area contributed by atoms with Gasteiger partial charge in [-0.3, -0.25) is 4.79 Å². The van der Waals surface area contributed by atoms with Crippen LogP contribution in [0.25, 0.3) is 0 Å². The standard InChI is InChI=1S/C14H19NO4S/c1-2-10-3-5-11(6-4-10)9-20(18,19)15-13-7-12(8-13)14(16)17/h3-6,12-13,15H,2,7-9H2,1H3,(H,16,17). The molecule has 6 heteroatoms. The molecule has 0 heterocycles. The van der Waals surface area contributed by atoms with Gasteiger partial charge in [0.05, 0.1) is 11.7 Å². The van der Waals surface area contributed by atoms with Crippen molar-refractivity contribution in [3.05, 3.63) is 35.4 Å². The summed E-state index contributed by atoms with van der Waals surface area (Å²) < 4.78 is 26.5. The Morgan fingerprint density at radius 1 is 1.25 bits per heavy atom.